The van der Waals surface area contributed by atoms with E-state index in [1.54, 1.807) is 36.4 Å². The molecule has 6 nitrogen and oxygen atoms in total. The quantitative estimate of drug-likeness (QED) is 0.244. The Hall–Kier alpha value is -5.69. The van der Waals surface area contributed by atoms with E-state index in [1.807, 2.05) is 91.0 Å². The molecule has 1 aliphatic rings. The molecule has 1 aliphatic heterocycles. The van der Waals surface area contributed by atoms with Crippen LogP contribution in [0.5, 0.6) is 17.2 Å². The normalized spacial score (nSPS) is 13.3. The summed E-state index contributed by atoms with van der Waals surface area (Å²) in [7, 11) is 0. The molecule has 0 amide bonds. The summed E-state index contributed by atoms with van der Waals surface area (Å²) in [6, 6.07) is 53.3. The van der Waals surface area contributed by atoms with E-state index in [0.29, 0.717) is 0 Å². The van der Waals surface area contributed by atoms with Crippen LogP contribution in [0.1, 0.15) is 0 Å². The van der Waals surface area contributed by atoms with E-state index < -0.39 is 0 Å². The van der Waals surface area contributed by atoms with Gasteiger partial charge in [0, 0.05) is 17.1 Å². The van der Waals surface area contributed by atoms with Crippen LogP contribution in [0.2, 0.25) is 0 Å². The van der Waals surface area contributed by atoms with Gasteiger partial charge in [0.25, 0.3) is 0 Å². The van der Waals surface area contributed by atoms with Crippen LogP contribution in [0.15, 0.2) is 164 Å². The molecule has 9 heteroatoms. The van der Waals surface area contributed by atoms with E-state index in [0.717, 1.165) is 33.5 Å². The molecular formula is C36H30B3N3O3. The first kappa shape index (κ1) is 28.1. The van der Waals surface area contributed by atoms with Crippen molar-refractivity contribution < 1.29 is 15.3 Å². The number of para-hydroxylation sites is 3. The Balaban J connectivity index is 1.60. The lowest BCUT2D eigenvalue weighted by Gasteiger charge is -2.57. The number of aromatic hydroxyl groups is 3. The average molecular weight is 585 g/mol. The molecule has 0 aromatic heterocycles. The topological polar surface area (TPSA) is 70.4 Å². The molecule has 216 valence electrons. The largest absolute Gasteiger partial charge is 0.508 e. The number of phenols is 3. The maximum absolute atomic E-state index is 10.3. The van der Waals surface area contributed by atoms with Crippen molar-refractivity contribution in [2.75, 3.05) is 14.2 Å². The second kappa shape index (κ2) is 12.1. The molecule has 7 rings (SSSR count). The maximum atomic E-state index is 10.3. The van der Waals surface area contributed by atoms with Crippen molar-refractivity contribution in [1.29, 1.82) is 0 Å². The third-order valence-corrected chi connectivity index (χ3v) is 8.32. The fourth-order valence-corrected chi connectivity index (χ4v) is 6.35. The first-order valence-corrected chi connectivity index (χ1v) is 15.0. The predicted octanol–water partition coefficient (Wildman–Crippen LogP) is 4.82. The number of hydrogen-bond donors (Lipinski definition) is 3. The van der Waals surface area contributed by atoms with Gasteiger partial charge >= 0.3 is 20.9 Å². The Labute approximate surface area is 264 Å². The van der Waals surface area contributed by atoms with E-state index in [9.17, 15) is 15.3 Å². The van der Waals surface area contributed by atoms with Gasteiger partial charge in [-0.1, -0.05) is 91.0 Å². The molecule has 0 unspecified atom stereocenters. The van der Waals surface area contributed by atoms with Gasteiger partial charge in [-0.25, -0.2) is 0 Å². The minimum Gasteiger partial charge on any atom is -0.508 e. The molecule has 0 saturated carbocycles. The van der Waals surface area contributed by atoms with Crippen LogP contribution in [-0.4, -0.2) is 36.3 Å². The minimum absolute atomic E-state index is 0.197. The summed E-state index contributed by atoms with van der Waals surface area (Å²) >= 11 is 0. The average Bonchev–Trinajstić information content (AvgIpc) is 3.09. The maximum Gasteiger partial charge on any atom is 0.388 e. The number of anilines is 3. The van der Waals surface area contributed by atoms with E-state index in [-0.39, 0.29) is 38.2 Å². The Morgan fingerprint density at radius 1 is 0.289 bits per heavy atom. The van der Waals surface area contributed by atoms with Gasteiger partial charge in [0.15, 0.2) is 0 Å². The lowest BCUT2D eigenvalue weighted by Crippen LogP contribution is -2.86. The molecule has 0 aliphatic carbocycles. The van der Waals surface area contributed by atoms with Gasteiger partial charge in [-0.15, -0.1) is 0 Å². The summed E-state index contributed by atoms with van der Waals surface area (Å²) in [5.41, 5.74) is 5.96. The smallest absolute Gasteiger partial charge is 0.388 e. The highest BCUT2D eigenvalue weighted by molar-refractivity contribution is 7.14. The molecule has 3 N–H and O–H groups in total. The third-order valence-electron chi connectivity index (χ3n) is 8.32. The number of benzene rings is 6. The summed E-state index contributed by atoms with van der Waals surface area (Å²) < 4.78 is 7.20. The van der Waals surface area contributed by atoms with Crippen LogP contribution in [0, 0.1) is 0 Å². The summed E-state index contributed by atoms with van der Waals surface area (Å²) in [6.07, 6.45) is 0. The van der Waals surface area contributed by atoms with E-state index in [4.69, 9.17) is 0 Å². The molecule has 0 radical (unpaired) electrons. The first-order chi connectivity index (χ1) is 22.1. The molecule has 0 atom stereocenters. The zero-order valence-electron chi connectivity index (χ0n) is 24.5. The van der Waals surface area contributed by atoms with Crippen molar-refractivity contribution in [3.63, 3.8) is 0 Å². The number of hydrogen-bond acceptors (Lipinski definition) is 6. The van der Waals surface area contributed by atoms with Crippen LogP contribution >= 0.6 is 0 Å². The molecule has 45 heavy (non-hydrogen) atoms. The van der Waals surface area contributed by atoms with Crippen molar-refractivity contribution in [2.45, 2.75) is 0 Å². The van der Waals surface area contributed by atoms with Gasteiger partial charge in [-0.05, 0) is 89.2 Å². The zero-order valence-corrected chi connectivity index (χ0v) is 24.5. The van der Waals surface area contributed by atoms with Gasteiger partial charge in [0.2, 0.25) is 0 Å². The van der Waals surface area contributed by atoms with E-state index >= 15 is 0 Å². The van der Waals surface area contributed by atoms with E-state index in [1.165, 1.54) is 0 Å². The Morgan fingerprint density at radius 3 is 0.733 bits per heavy atom. The number of nitrogens with zero attached hydrogens (tertiary/aromatic N) is 3. The molecule has 6 aromatic rings. The van der Waals surface area contributed by atoms with Crippen LogP contribution in [0.4, 0.5) is 17.1 Å². The Kier molecular flexibility index (Phi) is 7.58. The van der Waals surface area contributed by atoms with Crippen LogP contribution in [-0.2, 0) is 0 Å². The highest BCUT2D eigenvalue weighted by Crippen LogP contribution is 2.34. The zero-order chi connectivity index (χ0) is 30.8. The van der Waals surface area contributed by atoms with Crippen molar-refractivity contribution in [2.24, 2.45) is 0 Å². The lowest BCUT2D eigenvalue weighted by atomic mass is 9.37. The molecule has 0 spiro atoms. The van der Waals surface area contributed by atoms with Gasteiger partial charge in [-0.2, -0.15) is 0 Å². The lowest BCUT2D eigenvalue weighted by molar-refractivity contribution is 0.475. The van der Waals surface area contributed by atoms with Gasteiger partial charge in [-0.3, -0.25) is 0 Å². The second-order valence-corrected chi connectivity index (χ2v) is 11.1. The predicted molar refractivity (Wildman–Crippen MR) is 187 cm³/mol. The van der Waals surface area contributed by atoms with Crippen molar-refractivity contribution in [3.8, 4) is 17.2 Å². The fourth-order valence-electron chi connectivity index (χ4n) is 6.35. The third kappa shape index (κ3) is 5.45. The Bertz CT molecular complexity index is 1620. The summed E-state index contributed by atoms with van der Waals surface area (Å²) in [6.45, 7) is -1.06. The van der Waals surface area contributed by atoms with Crippen LogP contribution in [0.25, 0.3) is 0 Å². The van der Waals surface area contributed by atoms with Gasteiger partial charge in [0.05, 0.1) is 0 Å². The van der Waals surface area contributed by atoms with Crippen LogP contribution in [0.3, 0.4) is 0 Å². The van der Waals surface area contributed by atoms with Crippen molar-refractivity contribution in [1.82, 2.24) is 0 Å². The summed E-state index contributed by atoms with van der Waals surface area (Å²) in [4.78, 5) is 0. The molecule has 1 fully saturated rings. The molecule has 0 bridgehead atoms. The monoisotopic (exact) mass is 585 g/mol. The molecule has 6 aromatic carbocycles. The fraction of sp³-hybridized carbons (Fsp3) is 0. The first-order valence-electron chi connectivity index (χ1n) is 15.0. The summed E-state index contributed by atoms with van der Waals surface area (Å²) in [5.74, 6) is 0.592. The SMILES string of the molecule is Oc1ccc(B2N(c3ccccc3)B(c3ccc(O)cc3)N(c3ccccc3)B(c3ccc(O)cc3)N2c2ccccc2)cc1. The molecule has 1 saturated heterocycles. The second-order valence-electron chi connectivity index (χ2n) is 11.1. The van der Waals surface area contributed by atoms with Gasteiger partial charge < -0.3 is 29.5 Å². The van der Waals surface area contributed by atoms with Crippen molar-refractivity contribution >= 4 is 54.4 Å². The Morgan fingerprint density at radius 2 is 0.511 bits per heavy atom. The molecule has 1 heterocycles. The summed E-state index contributed by atoms with van der Waals surface area (Å²) in [5, 5.41) is 31.0. The minimum atomic E-state index is -0.354. The molecular weight excluding hydrogens is 555 g/mol. The van der Waals surface area contributed by atoms with Crippen molar-refractivity contribution in [3.05, 3.63) is 164 Å². The number of rotatable bonds is 6. The van der Waals surface area contributed by atoms with E-state index in [2.05, 4.69) is 50.6 Å². The standard InChI is InChI=1S/C36H30B3N3O3/c43-34-22-16-28(17-23-34)37-40(31-10-4-1-5-11-31)38(29-18-24-35(44)25-19-29)42(33-14-8-3-9-15-33)39(30-20-26-36(45)27-21-30)41(37)32-12-6-2-7-13-32/h1-27,43-45H. The van der Waals surface area contributed by atoms with Crippen LogP contribution < -0.4 is 30.6 Å². The number of phenolic OH excluding ortho intramolecular Hbond substituents is 3. The highest BCUT2D eigenvalue weighted by atomic mass is 16.3. The van der Waals surface area contributed by atoms with Gasteiger partial charge in [0.1, 0.15) is 17.2 Å². The highest BCUT2D eigenvalue weighted by Gasteiger charge is 2.55.